The zero-order chi connectivity index (χ0) is 70.3. The van der Waals surface area contributed by atoms with E-state index in [2.05, 4.69) is 92.0 Å². The van der Waals surface area contributed by atoms with Crippen LogP contribution in [0.3, 0.4) is 0 Å². The van der Waals surface area contributed by atoms with E-state index in [0.29, 0.717) is 32.8 Å². The van der Waals surface area contributed by atoms with Crippen LogP contribution >= 0.6 is 11.6 Å². The second-order valence-electron chi connectivity index (χ2n) is 26.9. The Balaban J connectivity index is 0.000000182. The lowest BCUT2D eigenvalue weighted by atomic mass is 9.98. The van der Waals surface area contributed by atoms with Crippen molar-refractivity contribution in [2.75, 3.05) is 62.2 Å². The number of benzene rings is 4. The maximum Gasteiger partial charge on any atom is 0.254 e. The monoisotopic (exact) mass is 1380 g/mol. The molecular weight excluding hydrogens is 1300 g/mol. The van der Waals surface area contributed by atoms with Crippen molar-refractivity contribution in [1.82, 2.24) is 61.0 Å². The van der Waals surface area contributed by atoms with Gasteiger partial charge in [0.15, 0.2) is 0 Å². The van der Waals surface area contributed by atoms with E-state index in [1.54, 1.807) is 67.5 Å². The first-order chi connectivity index (χ1) is 49.8. The smallest absolute Gasteiger partial charge is 0.254 e. The van der Waals surface area contributed by atoms with E-state index in [4.69, 9.17) is 21.6 Å². The first kappa shape index (κ1) is 69.9. The minimum atomic E-state index is -0.532. The summed E-state index contributed by atoms with van der Waals surface area (Å²) >= 11 is 6.68. The third kappa shape index (κ3) is 17.6. The van der Waals surface area contributed by atoms with E-state index in [0.717, 1.165) is 179 Å². The quantitative estimate of drug-likeness (QED) is 0.0631. The third-order valence-corrected chi connectivity index (χ3v) is 20.4. The molecule has 102 heavy (non-hydrogen) atoms. The van der Waals surface area contributed by atoms with Gasteiger partial charge in [0, 0.05) is 196 Å². The maximum absolute atomic E-state index is 15.3. The highest BCUT2D eigenvalue weighted by molar-refractivity contribution is 6.36. The van der Waals surface area contributed by atoms with Crippen LogP contribution in [0.2, 0.25) is 5.02 Å². The van der Waals surface area contributed by atoms with E-state index in [1.165, 1.54) is 11.6 Å². The molecule has 18 nitrogen and oxygen atoms in total. The fourth-order valence-electron chi connectivity index (χ4n) is 14.0. The highest BCUT2D eigenvalue weighted by Crippen LogP contribution is 2.33. The number of aromatic nitrogens is 6. The molecule has 20 heteroatoms. The van der Waals surface area contributed by atoms with Crippen LogP contribution in [0.1, 0.15) is 115 Å². The molecule has 0 atom stereocenters. The second kappa shape index (κ2) is 33.3. The molecule has 10 heterocycles. The summed E-state index contributed by atoms with van der Waals surface area (Å²) in [5.41, 5.74) is 13.2. The Hall–Kier alpha value is -10.6. The van der Waals surface area contributed by atoms with Crippen molar-refractivity contribution < 1.29 is 23.6 Å². The minimum absolute atomic E-state index is 0.0271. The first-order valence-corrected chi connectivity index (χ1v) is 35.7. The number of anilines is 2. The minimum Gasteiger partial charge on any atom is -0.356 e. The molecule has 4 saturated heterocycles. The Morgan fingerprint density at radius 2 is 0.765 bits per heavy atom. The van der Waals surface area contributed by atoms with Gasteiger partial charge in [0.25, 0.3) is 23.6 Å². The molecule has 4 aromatic carbocycles. The molecule has 0 radical (unpaired) electrons. The number of nitrogens with one attached hydrogen (secondary N) is 4. The maximum atomic E-state index is 15.3. The fourth-order valence-corrected chi connectivity index (χ4v) is 14.4. The Bertz CT molecular complexity index is 4210. The molecule has 4 amide bonds. The van der Waals surface area contributed by atoms with Crippen LogP contribution < -0.4 is 31.1 Å². The van der Waals surface area contributed by atoms with Crippen molar-refractivity contribution in [2.45, 2.75) is 102 Å². The third-order valence-electron chi connectivity index (χ3n) is 20.0. The fraction of sp³-hybridized carbons (Fsp3) is 0.293. The van der Waals surface area contributed by atoms with Crippen LogP contribution in [0.15, 0.2) is 208 Å². The average Bonchev–Trinajstić information content (AvgIpc) is 0.992. The molecule has 6 aromatic heterocycles. The van der Waals surface area contributed by atoms with Crippen molar-refractivity contribution in [2.24, 2.45) is 0 Å². The number of hydrogen-bond acceptors (Lipinski definition) is 14. The van der Waals surface area contributed by atoms with Crippen molar-refractivity contribution in [3.05, 3.63) is 263 Å². The van der Waals surface area contributed by atoms with Crippen LogP contribution in [0.5, 0.6) is 0 Å². The summed E-state index contributed by atoms with van der Waals surface area (Å²) in [7, 11) is 0. The van der Waals surface area contributed by atoms with E-state index in [-0.39, 0.29) is 47.5 Å². The largest absolute Gasteiger partial charge is 0.356 e. The SMILES string of the molecule is Cc1ccc(C(=O)NC2CCN(Cc3ccc(N4CCC(NC(=O)c5cccc(-c6cccnc6)c5Cl)CC4)nc3)CC2)cc1-c1cccnc1.Cc1ccc(C(=O)NC2CCN(Cc3ccc(N4CCC(NC(=O)c5cccc(-c6cccnc6)c5F)CC4)nc3)CC2)cc1-c1cccnc1. The second-order valence-corrected chi connectivity index (χ2v) is 27.3. The standard InChI is InChI=1S/C41H42ClN7O2.C41H42FN7O2/c2*1-28-9-11-30(23-37(28)32-6-4-18-44-26-32)40(50)46-33-13-19-48(20-14-33)27-29-10-12-38(45-24-29)49-21-15-34(16-22-49)47-41(51)36-8-2-7-35(39(36)42)31-5-3-17-43-25-31/h2*2-12,17-18,23-26,33-34H,13-16,19-22,27H2,1H3,(H,46,50)(H,47,51). The molecule has 0 bridgehead atoms. The average molecular weight is 1380 g/mol. The molecule has 4 aliphatic heterocycles. The molecule has 0 saturated carbocycles. The van der Waals surface area contributed by atoms with Crippen molar-refractivity contribution in [3.63, 3.8) is 0 Å². The molecule has 0 unspecified atom stereocenters. The normalized spacial score (nSPS) is 15.8. The van der Waals surface area contributed by atoms with Crippen LogP contribution in [0, 0.1) is 19.7 Å². The van der Waals surface area contributed by atoms with Gasteiger partial charge in [0.05, 0.1) is 16.1 Å². The number of halogens is 2. The van der Waals surface area contributed by atoms with Gasteiger partial charge in [0.2, 0.25) is 0 Å². The molecule has 0 spiro atoms. The Labute approximate surface area is 600 Å². The van der Waals surface area contributed by atoms with E-state index < -0.39 is 11.7 Å². The lowest BCUT2D eigenvalue weighted by Gasteiger charge is -2.34. The van der Waals surface area contributed by atoms with Crippen LogP contribution in [-0.2, 0) is 13.1 Å². The molecule has 14 rings (SSSR count). The van der Waals surface area contributed by atoms with Crippen LogP contribution in [0.25, 0.3) is 44.5 Å². The van der Waals surface area contributed by atoms with Gasteiger partial charge in [-0.2, -0.15) is 0 Å². The number of hydrogen-bond donors (Lipinski definition) is 4. The predicted molar refractivity (Wildman–Crippen MR) is 399 cm³/mol. The molecule has 4 aliphatic rings. The van der Waals surface area contributed by atoms with Gasteiger partial charge in [-0.05, 0) is 171 Å². The number of likely N-dealkylation sites (tertiary alicyclic amines) is 2. The van der Waals surface area contributed by atoms with E-state index in [1.807, 2.05) is 117 Å². The first-order valence-electron chi connectivity index (χ1n) is 35.3. The number of aryl methyl sites for hydroxylation is 2. The zero-order valence-corrected chi connectivity index (χ0v) is 58.3. The van der Waals surface area contributed by atoms with E-state index in [9.17, 15) is 19.2 Å². The summed E-state index contributed by atoms with van der Waals surface area (Å²) in [6.07, 6.45) is 24.6. The number of rotatable bonds is 18. The Kier molecular flexibility index (Phi) is 22.8. The van der Waals surface area contributed by atoms with Gasteiger partial charge < -0.3 is 31.1 Å². The van der Waals surface area contributed by atoms with Crippen LogP contribution in [0.4, 0.5) is 16.0 Å². The lowest BCUT2D eigenvalue weighted by Crippen LogP contribution is -2.45. The number of nitrogens with zero attached hydrogens (tertiary/aromatic N) is 10. The molecule has 4 fully saturated rings. The molecule has 4 N–H and O–H groups in total. The van der Waals surface area contributed by atoms with Crippen molar-refractivity contribution >= 4 is 46.9 Å². The van der Waals surface area contributed by atoms with Crippen molar-refractivity contribution in [1.29, 1.82) is 0 Å². The summed E-state index contributed by atoms with van der Waals surface area (Å²) in [5.74, 6) is 0.732. The molecule has 520 valence electrons. The predicted octanol–water partition coefficient (Wildman–Crippen LogP) is 13.4. The number of amides is 4. The summed E-state index contributed by atoms with van der Waals surface area (Å²) in [6, 6.07) is 46.1. The summed E-state index contributed by atoms with van der Waals surface area (Å²) in [6.45, 7) is 12.5. The number of carbonyl (C=O) groups is 4. The Morgan fingerprint density at radius 1 is 0.402 bits per heavy atom. The summed E-state index contributed by atoms with van der Waals surface area (Å²) in [4.78, 5) is 88.2. The zero-order valence-electron chi connectivity index (χ0n) is 57.5. The lowest BCUT2D eigenvalue weighted by molar-refractivity contribution is 0.0900. The van der Waals surface area contributed by atoms with Crippen molar-refractivity contribution in [3.8, 4) is 44.5 Å². The van der Waals surface area contributed by atoms with Gasteiger partial charge in [-0.25, -0.2) is 14.4 Å². The molecule has 10 aromatic rings. The highest BCUT2D eigenvalue weighted by atomic mass is 35.5. The van der Waals surface area contributed by atoms with Gasteiger partial charge in [-0.3, -0.25) is 48.9 Å². The van der Waals surface area contributed by atoms with Gasteiger partial charge in [-0.1, -0.05) is 84.4 Å². The van der Waals surface area contributed by atoms with E-state index >= 15 is 4.39 Å². The van der Waals surface area contributed by atoms with Gasteiger partial charge in [0.1, 0.15) is 17.5 Å². The Morgan fingerprint density at radius 3 is 1.16 bits per heavy atom. The number of pyridine rings is 6. The molecule has 0 aliphatic carbocycles. The van der Waals surface area contributed by atoms with Crippen LogP contribution in [-0.4, -0.2) is 140 Å². The van der Waals surface area contributed by atoms with Gasteiger partial charge >= 0.3 is 0 Å². The molecular formula is C82H84ClFN14O4. The summed E-state index contributed by atoms with van der Waals surface area (Å²) < 4.78 is 15.3. The number of piperidine rings is 4. The summed E-state index contributed by atoms with van der Waals surface area (Å²) in [5, 5.41) is 13.2. The number of carbonyl (C=O) groups excluding carboxylic acids is 4. The highest BCUT2D eigenvalue weighted by Gasteiger charge is 2.29. The topological polar surface area (TPSA) is 207 Å². The van der Waals surface area contributed by atoms with Gasteiger partial charge in [-0.15, -0.1) is 0 Å².